The van der Waals surface area contributed by atoms with Crippen molar-refractivity contribution in [2.75, 3.05) is 13.2 Å². The van der Waals surface area contributed by atoms with Crippen LogP contribution in [0.15, 0.2) is 0 Å². The Morgan fingerprint density at radius 1 is 1.00 bits per heavy atom. The molecular weight excluding hydrogens is 232 g/mol. The van der Waals surface area contributed by atoms with Crippen molar-refractivity contribution >= 4 is 12.6 Å². The third-order valence-electron chi connectivity index (χ3n) is 3.15. The van der Waals surface area contributed by atoms with Crippen molar-refractivity contribution in [3.63, 3.8) is 0 Å². The lowest BCUT2D eigenvalue weighted by molar-refractivity contribution is -0.117. The van der Waals surface area contributed by atoms with Gasteiger partial charge in [-0.25, -0.2) is 0 Å². The van der Waals surface area contributed by atoms with Crippen LogP contribution in [-0.4, -0.2) is 37.0 Å². The number of carbonyl (C=O) groups is 2. The Morgan fingerprint density at radius 2 is 1.67 bits per heavy atom. The summed E-state index contributed by atoms with van der Waals surface area (Å²) in [5.74, 6) is 0. The van der Waals surface area contributed by atoms with Crippen LogP contribution in [0.3, 0.4) is 0 Å². The maximum atomic E-state index is 10.6. The summed E-state index contributed by atoms with van der Waals surface area (Å²) in [6.07, 6.45) is 4.12. The number of ether oxygens (including phenoxy) is 2. The molecule has 0 aromatic rings. The molecule has 0 amide bonds. The van der Waals surface area contributed by atoms with Crippen LogP contribution < -0.4 is 0 Å². The van der Waals surface area contributed by atoms with Crippen molar-refractivity contribution < 1.29 is 19.1 Å². The third kappa shape index (κ3) is 7.56. The summed E-state index contributed by atoms with van der Waals surface area (Å²) in [6, 6.07) is 0. The van der Waals surface area contributed by atoms with E-state index in [1.165, 1.54) is 0 Å². The monoisotopic (exact) mass is 258 g/mol. The van der Waals surface area contributed by atoms with Crippen LogP contribution in [0.25, 0.3) is 0 Å². The van der Waals surface area contributed by atoms with Gasteiger partial charge in [-0.15, -0.1) is 0 Å². The van der Waals surface area contributed by atoms with Crippen molar-refractivity contribution in [2.45, 2.75) is 64.6 Å². The summed E-state index contributed by atoms with van der Waals surface area (Å²) in [5.41, 5.74) is -0.681. The summed E-state index contributed by atoms with van der Waals surface area (Å²) in [4.78, 5) is 20.8. The van der Waals surface area contributed by atoms with Gasteiger partial charge in [-0.2, -0.15) is 0 Å². The quantitative estimate of drug-likeness (QED) is 0.422. The van der Waals surface area contributed by atoms with Gasteiger partial charge in [0, 0.05) is 12.8 Å². The Labute approximate surface area is 110 Å². The zero-order valence-corrected chi connectivity index (χ0v) is 12.0. The van der Waals surface area contributed by atoms with Crippen molar-refractivity contribution in [3.8, 4) is 0 Å². The molecule has 1 atom stereocenters. The second-order valence-corrected chi connectivity index (χ2v) is 5.34. The van der Waals surface area contributed by atoms with Crippen molar-refractivity contribution in [1.29, 1.82) is 0 Å². The molecule has 0 aliphatic heterocycles. The van der Waals surface area contributed by atoms with Gasteiger partial charge in [0.2, 0.25) is 0 Å². The number of rotatable bonds is 11. The highest BCUT2D eigenvalue weighted by molar-refractivity contribution is 5.51. The van der Waals surface area contributed by atoms with Gasteiger partial charge < -0.3 is 19.1 Å². The Kier molecular flexibility index (Phi) is 8.03. The fraction of sp³-hybridized carbons (Fsp3) is 0.857. The van der Waals surface area contributed by atoms with E-state index in [4.69, 9.17) is 9.47 Å². The molecule has 0 saturated carbocycles. The highest BCUT2D eigenvalue weighted by atomic mass is 16.5. The lowest BCUT2D eigenvalue weighted by Crippen LogP contribution is -2.33. The molecule has 0 spiro atoms. The van der Waals surface area contributed by atoms with Crippen molar-refractivity contribution in [3.05, 3.63) is 0 Å². The van der Waals surface area contributed by atoms with Gasteiger partial charge in [-0.05, 0) is 33.6 Å². The van der Waals surface area contributed by atoms with Gasteiger partial charge in [0.25, 0.3) is 0 Å². The second kappa shape index (κ2) is 8.38. The molecule has 0 heterocycles. The molecule has 0 aromatic heterocycles. The maximum absolute atomic E-state index is 10.6. The molecule has 0 bridgehead atoms. The van der Waals surface area contributed by atoms with Crippen LogP contribution in [0.1, 0.15) is 53.4 Å². The summed E-state index contributed by atoms with van der Waals surface area (Å²) in [7, 11) is 0. The SMILES string of the molecule is CCC(C)(CC=O)OCCC(C)(C)OCCC=O. The average molecular weight is 258 g/mol. The molecular formula is C14H26O4. The van der Waals surface area contributed by atoms with E-state index in [1.807, 2.05) is 27.7 Å². The first-order valence-corrected chi connectivity index (χ1v) is 6.54. The molecule has 0 radical (unpaired) electrons. The Morgan fingerprint density at radius 3 is 2.17 bits per heavy atom. The van der Waals surface area contributed by atoms with Gasteiger partial charge >= 0.3 is 0 Å². The first kappa shape index (κ1) is 17.3. The average Bonchev–Trinajstić information content (AvgIpc) is 2.29. The topological polar surface area (TPSA) is 52.6 Å². The summed E-state index contributed by atoms with van der Waals surface area (Å²) < 4.78 is 11.4. The molecule has 0 aromatic carbocycles. The molecule has 18 heavy (non-hydrogen) atoms. The summed E-state index contributed by atoms with van der Waals surface area (Å²) in [5, 5.41) is 0. The number of carbonyl (C=O) groups excluding carboxylic acids is 2. The molecule has 1 unspecified atom stereocenters. The smallest absolute Gasteiger partial charge is 0.122 e. The number of hydrogen-bond acceptors (Lipinski definition) is 4. The van der Waals surface area contributed by atoms with E-state index in [0.717, 1.165) is 25.4 Å². The van der Waals surface area contributed by atoms with Crippen molar-refractivity contribution in [2.24, 2.45) is 0 Å². The first-order chi connectivity index (χ1) is 8.39. The van der Waals surface area contributed by atoms with Gasteiger partial charge in [0.15, 0.2) is 0 Å². The Hall–Kier alpha value is -0.740. The highest BCUT2D eigenvalue weighted by Crippen LogP contribution is 2.21. The third-order valence-corrected chi connectivity index (χ3v) is 3.15. The lowest BCUT2D eigenvalue weighted by Gasteiger charge is -2.30. The summed E-state index contributed by atoms with van der Waals surface area (Å²) in [6.45, 7) is 8.90. The van der Waals surface area contributed by atoms with Gasteiger partial charge in [0.05, 0.1) is 24.4 Å². The molecule has 0 rings (SSSR count). The number of hydrogen-bond donors (Lipinski definition) is 0. The molecule has 4 heteroatoms. The van der Waals surface area contributed by atoms with Crippen LogP contribution in [0.2, 0.25) is 0 Å². The molecule has 0 fully saturated rings. The summed E-state index contributed by atoms with van der Waals surface area (Å²) >= 11 is 0. The first-order valence-electron chi connectivity index (χ1n) is 6.54. The number of aldehydes is 2. The zero-order chi connectivity index (χ0) is 14.1. The van der Waals surface area contributed by atoms with Gasteiger partial charge in [-0.1, -0.05) is 6.92 Å². The molecule has 0 N–H and O–H groups in total. The van der Waals surface area contributed by atoms with E-state index >= 15 is 0 Å². The minimum atomic E-state index is -0.374. The molecule has 4 nitrogen and oxygen atoms in total. The van der Waals surface area contributed by atoms with E-state index in [-0.39, 0.29) is 11.2 Å². The maximum Gasteiger partial charge on any atom is 0.122 e. The second-order valence-electron chi connectivity index (χ2n) is 5.34. The van der Waals surface area contributed by atoms with Crippen LogP contribution in [0.5, 0.6) is 0 Å². The molecule has 0 saturated heterocycles. The van der Waals surface area contributed by atoms with E-state index < -0.39 is 0 Å². The van der Waals surface area contributed by atoms with E-state index in [9.17, 15) is 9.59 Å². The molecule has 0 aliphatic carbocycles. The largest absolute Gasteiger partial charge is 0.375 e. The minimum absolute atomic E-state index is 0.307. The van der Waals surface area contributed by atoms with Crippen LogP contribution in [0, 0.1) is 0 Å². The fourth-order valence-electron chi connectivity index (χ4n) is 1.48. The van der Waals surface area contributed by atoms with Crippen LogP contribution in [0.4, 0.5) is 0 Å². The predicted octanol–water partition coefficient (Wildman–Crippen LogP) is 2.54. The van der Waals surface area contributed by atoms with Crippen molar-refractivity contribution in [1.82, 2.24) is 0 Å². The minimum Gasteiger partial charge on any atom is -0.375 e. The highest BCUT2D eigenvalue weighted by Gasteiger charge is 2.24. The van der Waals surface area contributed by atoms with E-state index in [1.54, 1.807) is 0 Å². The molecule has 0 aliphatic rings. The predicted molar refractivity (Wildman–Crippen MR) is 70.7 cm³/mol. The normalized spacial score (nSPS) is 15.1. The Balaban J connectivity index is 3.99. The van der Waals surface area contributed by atoms with Gasteiger partial charge in [-0.3, -0.25) is 0 Å². The van der Waals surface area contributed by atoms with Crippen LogP contribution in [-0.2, 0) is 19.1 Å². The van der Waals surface area contributed by atoms with E-state index in [0.29, 0.717) is 26.1 Å². The van der Waals surface area contributed by atoms with Gasteiger partial charge in [0.1, 0.15) is 12.6 Å². The zero-order valence-electron chi connectivity index (χ0n) is 12.0. The lowest BCUT2D eigenvalue weighted by atomic mass is 9.99. The van der Waals surface area contributed by atoms with E-state index in [2.05, 4.69) is 0 Å². The Bertz CT molecular complexity index is 250. The standard InChI is InChI=1S/C14H26O4/c1-5-14(4,7-10-16)18-12-8-13(2,3)17-11-6-9-15/h9-10H,5-8,11-12H2,1-4H3. The van der Waals surface area contributed by atoms with Crippen LogP contribution >= 0.6 is 0 Å². The fourth-order valence-corrected chi connectivity index (χ4v) is 1.48. The molecule has 106 valence electrons.